The Morgan fingerprint density at radius 1 is 0.894 bits per heavy atom. The SMILES string of the molecule is CC(C)CCN(CCCOCCOCCOCCCNC(=O)CCCCC1SC[C@]2(C)NC(=O)N[C@H]12)CCNC(=O)CCC1(C)N=N1. The van der Waals surface area contributed by atoms with E-state index in [1.807, 2.05) is 18.7 Å². The molecule has 0 aromatic rings. The van der Waals surface area contributed by atoms with Gasteiger partial charge in [0, 0.05) is 69.7 Å². The van der Waals surface area contributed by atoms with Crippen LogP contribution < -0.4 is 21.3 Å². The zero-order valence-electron chi connectivity index (χ0n) is 29.3. The number of ether oxygens (including phenoxy) is 3. The number of unbranched alkanes of at least 4 members (excludes halogenated alkanes) is 1. The summed E-state index contributed by atoms with van der Waals surface area (Å²) < 4.78 is 17.0. The molecular formula is C33H61N7O6S. The third-order valence-corrected chi connectivity index (χ3v) is 10.5. The molecule has 0 saturated carbocycles. The molecule has 47 heavy (non-hydrogen) atoms. The zero-order chi connectivity index (χ0) is 34.0. The van der Waals surface area contributed by atoms with Crippen LogP contribution in [-0.4, -0.2) is 123 Å². The Bertz CT molecular complexity index is 983. The molecule has 0 aliphatic carbocycles. The minimum Gasteiger partial charge on any atom is -0.379 e. The number of amides is 4. The van der Waals surface area contributed by atoms with E-state index in [2.05, 4.69) is 57.2 Å². The number of hydrogen-bond acceptors (Lipinski definition) is 10. The molecule has 2 saturated heterocycles. The van der Waals surface area contributed by atoms with Crippen LogP contribution in [0.25, 0.3) is 0 Å². The van der Waals surface area contributed by atoms with Crippen LogP contribution in [-0.2, 0) is 23.8 Å². The fourth-order valence-electron chi connectivity index (χ4n) is 5.74. The average molecular weight is 684 g/mol. The Morgan fingerprint density at radius 2 is 1.55 bits per heavy atom. The molecule has 14 heteroatoms. The molecule has 270 valence electrons. The lowest BCUT2D eigenvalue weighted by Crippen LogP contribution is -2.47. The third kappa shape index (κ3) is 16.3. The van der Waals surface area contributed by atoms with Crippen molar-refractivity contribution < 1.29 is 28.6 Å². The molecule has 3 atom stereocenters. The zero-order valence-corrected chi connectivity index (χ0v) is 30.1. The Labute approximate surface area is 286 Å². The maximum absolute atomic E-state index is 12.1. The van der Waals surface area contributed by atoms with Crippen LogP contribution in [0.2, 0.25) is 0 Å². The highest BCUT2D eigenvalue weighted by atomic mass is 32.2. The normalized spacial score (nSPS) is 22.4. The van der Waals surface area contributed by atoms with Crippen LogP contribution in [0.4, 0.5) is 4.79 Å². The first-order chi connectivity index (χ1) is 22.6. The maximum Gasteiger partial charge on any atom is 0.315 e. The number of carbonyl (C=O) groups excluding carboxylic acids is 3. The van der Waals surface area contributed by atoms with Crippen LogP contribution in [0.5, 0.6) is 0 Å². The molecule has 4 amide bonds. The number of rotatable bonds is 28. The van der Waals surface area contributed by atoms with Gasteiger partial charge in [0.25, 0.3) is 0 Å². The van der Waals surface area contributed by atoms with Crippen LogP contribution in [0.3, 0.4) is 0 Å². The van der Waals surface area contributed by atoms with Gasteiger partial charge in [0.15, 0.2) is 5.66 Å². The maximum atomic E-state index is 12.1. The fourth-order valence-corrected chi connectivity index (χ4v) is 7.44. The highest BCUT2D eigenvalue weighted by Crippen LogP contribution is 2.39. The van der Waals surface area contributed by atoms with Gasteiger partial charge >= 0.3 is 6.03 Å². The van der Waals surface area contributed by atoms with E-state index in [1.165, 1.54) is 0 Å². The predicted octanol–water partition coefficient (Wildman–Crippen LogP) is 3.48. The fraction of sp³-hybridized carbons (Fsp3) is 0.909. The van der Waals surface area contributed by atoms with E-state index in [0.29, 0.717) is 83.2 Å². The number of hydrogen-bond donors (Lipinski definition) is 4. The van der Waals surface area contributed by atoms with Crippen molar-refractivity contribution in [3.63, 3.8) is 0 Å². The van der Waals surface area contributed by atoms with Crippen molar-refractivity contribution in [2.24, 2.45) is 16.1 Å². The topological polar surface area (TPSA) is 155 Å². The van der Waals surface area contributed by atoms with E-state index in [0.717, 1.165) is 63.9 Å². The minimum atomic E-state index is -0.322. The summed E-state index contributed by atoms with van der Waals surface area (Å²) in [7, 11) is 0. The summed E-state index contributed by atoms with van der Waals surface area (Å²) >= 11 is 1.91. The van der Waals surface area contributed by atoms with E-state index in [-0.39, 0.29) is 35.1 Å². The lowest BCUT2D eigenvalue weighted by Gasteiger charge is -2.23. The first-order valence-electron chi connectivity index (χ1n) is 17.7. The smallest absolute Gasteiger partial charge is 0.315 e. The van der Waals surface area contributed by atoms with Gasteiger partial charge in [0.2, 0.25) is 11.8 Å². The van der Waals surface area contributed by atoms with Gasteiger partial charge in [-0.15, -0.1) is 0 Å². The first-order valence-corrected chi connectivity index (χ1v) is 18.8. The Balaban J connectivity index is 1.06. The third-order valence-electron chi connectivity index (χ3n) is 8.82. The highest BCUT2D eigenvalue weighted by Gasteiger charge is 2.51. The number of fused-ring (bicyclic) bond motifs is 1. The van der Waals surface area contributed by atoms with E-state index in [4.69, 9.17) is 14.2 Å². The van der Waals surface area contributed by atoms with Gasteiger partial charge in [-0.3, -0.25) is 9.59 Å². The Kier molecular flexibility index (Phi) is 17.8. The lowest BCUT2D eigenvalue weighted by atomic mass is 9.92. The van der Waals surface area contributed by atoms with Crippen LogP contribution in [0.15, 0.2) is 10.2 Å². The van der Waals surface area contributed by atoms with Crippen molar-refractivity contribution in [2.75, 3.05) is 78.1 Å². The van der Waals surface area contributed by atoms with Gasteiger partial charge in [0.1, 0.15) is 0 Å². The molecule has 3 aliphatic rings. The second-order valence-corrected chi connectivity index (χ2v) is 15.0. The van der Waals surface area contributed by atoms with Crippen molar-refractivity contribution >= 4 is 29.6 Å². The summed E-state index contributed by atoms with van der Waals surface area (Å²) in [5, 5.41) is 20.4. The summed E-state index contributed by atoms with van der Waals surface area (Å²) in [4.78, 5) is 38.3. The van der Waals surface area contributed by atoms with Crippen LogP contribution in [0, 0.1) is 5.92 Å². The van der Waals surface area contributed by atoms with E-state index >= 15 is 0 Å². The van der Waals surface area contributed by atoms with E-state index in [1.54, 1.807) is 0 Å². The molecule has 0 aromatic carbocycles. The van der Waals surface area contributed by atoms with Crippen molar-refractivity contribution in [1.29, 1.82) is 0 Å². The van der Waals surface area contributed by atoms with Gasteiger partial charge in [-0.25, -0.2) is 4.79 Å². The lowest BCUT2D eigenvalue weighted by molar-refractivity contribution is -0.122. The molecule has 0 radical (unpaired) electrons. The molecule has 0 spiro atoms. The molecule has 0 bridgehead atoms. The average Bonchev–Trinajstić information content (AvgIpc) is 3.59. The number of nitrogens with zero attached hydrogens (tertiary/aromatic N) is 3. The van der Waals surface area contributed by atoms with Gasteiger partial charge in [-0.2, -0.15) is 22.0 Å². The Hall–Kier alpha value is -2.00. The largest absolute Gasteiger partial charge is 0.379 e. The van der Waals surface area contributed by atoms with Crippen molar-refractivity contribution in [3.8, 4) is 0 Å². The number of carbonyl (C=O) groups is 3. The molecule has 13 nitrogen and oxygen atoms in total. The predicted molar refractivity (Wildman–Crippen MR) is 185 cm³/mol. The monoisotopic (exact) mass is 683 g/mol. The molecule has 3 heterocycles. The van der Waals surface area contributed by atoms with Crippen LogP contribution in [0.1, 0.15) is 85.5 Å². The van der Waals surface area contributed by atoms with Gasteiger partial charge in [-0.05, 0) is 58.4 Å². The standard InChI is InChI=1S/C33H61N7O6S/c1-26(2)12-17-40(18-15-35-29(42)11-13-33(4)38-39-33)16-8-20-45-22-24-46-23-21-44-19-7-14-34-28(41)10-6-5-9-27-30-32(3,25-47-27)37-31(43)36-30/h26-27,30H,5-25H2,1-4H3,(H,34,41)(H,35,42)(H2,36,37,43)/t27?,30-,32+/m1/s1. The van der Waals surface area contributed by atoms with Gasteiger partial charge in [-0.1, -0.05) is 20.3 Å². The minimum absolute atomic E-state index is 0.0635. The van der Waals surface area contributed by atoms with Gasteiger partial charge in [0.05, 0.1) is 38.0 Å². The molecule has 0 aromatic heterocycles. The second-order valence-electron chi connectivity index (χ2n) is 13.8. The summed E-state index contributed by atoms with van der Waals surface area (Å²) in [5.41, 5.74) is -0.465. The molecule has 2 fully saturated rings. The summed E-state index contributed by atoms with van der Waals surface area (Å²) in [6.07, 6.45) is 7.36. The first kappa shape index (κ1) is 39.4. The van der Waals surface area contributed by atoms with Crippen molar-refractivity contribution in [2.45, 2.75) is 108 Å². The molecular weight excluding hydrogens is 622 g/mol. The van der Waals surface area contributed by atoms with Crippen LogP contribution >= 0.6 is 11.8 Å². The van der Waals surface area contributed by atoms with Gasteiger partial charge < -0.3 is 40.4 Å². The second kappa shape index (κ2) is 21.2. The van der Waals surface area contributed by atoms with E-state index in [9.17, 15) is 14.4 Å². The highest BCUT2D eigenvalue weighted by molar-refractivity contribution is 8.00. The molecule has 4 N–H and O–H groups in total. The van der Waals surface area contributed by atoms with E-state index < -0.39 is 0 Å². The quantitative estimate of drug-likeness (QED) is 0.0722. The van der Waals surface area contributed by atoms with Crippen molar-refractivity contribution in [1.82, 2.24) is 26.2 Å². The Morgan fingerprint density at radius 3 is 2.26 bits per heavy atom. The van der Waals surface area contributed by atoms with Crippen molar-refractivity contribution in [3.05, 3.63) is 0 Å². The number of nitrogens with one attached hydrogen (secondary N) is 4. The number of urea groups is 1. The summed E-state index contributed by atoms with van der Waals surface area (Å²) in [5.74, 6) is 1.72. The molecule has 3 aliphatic heterocycles. The summed E-state index contributed by atoms with van der Waals surface area (Å²) in [6, 6.07) is 0.116. The molecule has 3 rings (SSSR count). The number of thioether (sulfide) groups is 1. The molecule has 1 unspecified atom stereocenters. The summed E-state index contributed by atoms with van der Waals surface area (Å²) in [6.45, 7) is 16.0.